The predicted molar refractivity (Wildman–Crippen MR) is 81.0 cm³/mol. The van der Waals surface area contributed by atoms with E-state index < -0.39 is 0 Å². The molecule has 1 amide bonds. The Morgan fingerprint density at radius 2 is 2.11 bits per heavy atom. The van der Waals surface area contributed by atoms with Crippen molar-refractivity contribution in [1.29, 1.82) is 0 Å². The van der Waals surface area contributed by atoms with Gasteiger partial charge in [-0.25, -0.2) is 0 Å². The molecule has 0 aromatic heterocycles. The standard InChI is InChI=1S/C14H19ClN2O.ClH/c15-13-3-1-11(2-4-13)9-14(18)17-8-6-12-5-7-16-10-12;/h1-4,12,16H,5-10H2,(H,17,18);1H. The lowest BCUT2D eigenvalue weighted by Crippen LogP contribution is -2.27. The summed E-state index contributed by atoms with van der Waals surface area (Å²) >= 11 is 5.80. The second kappa shape index (κ2) is 8.41. The molecule has 1 fully saturated rings. The number of hydrogen-bond acceptors (Lipinski definition) is 2. The first-order valence-corrected chi connectivity index (χ1v) is 6.83. The van der Waals surface area contributed by atoms with Crippen molar-refractivity contribution in [3.63, 3.8) is 0 Å². The number of halogens is 2. The molecule has 0 spiro atoms. The minimum Gasteiger partial charge on any atom is -0.356 e. The van der Waals surface area contributed by atoms with E-state index in [1.807, 2.05) is 24.3 Å². The molecule has 3 nitrogen and oxygen atoms in total. The Kier molecular flexibility index (Phi) is 7.21. The lowest BCUT2D eigenvalue weighted by molar-refractivity contribution is -0.120. The van der Waals surface area contributed by atoms with Gasteiger partial charge in [-0.1, -0.05) is 23.7 Å². The number of amides is 1. The molecule has 0 saturated carbocycles. The lowest BCUT2D eigenvalue weighted by atomic mass is 10.1. The Morgan fingerprint density at radius 3 is 2.74 bits per heavy atom. The molecule has 1 aliphatic rings. The van der Waals surface area contributed by atoms with Gasteiger partial charge in [-0.15, -0.1) is 12.4 Å². The monoisotopic (exact) mass is 302 g/mol. The fourth-order valence-electron chi connectivity index (χ4n) is 2.23. The van der Waals surface area contributed by atoms with Crippen molar-refractivity contribution < 1.29 is 4.79 Å². The molecule has 0 bridgehead atoms. The minimum atomic E-state index is 0. The maximum absolute atomic E-state index is 11.7. The summed E-state index contributed by atoms with van der Waals surface area (Å²) in [6, 6.07) is 7.41. The van der Waals surface area contributed by atoms with E-state index in [2.05, 4.69) is 10.6 Å². The number of hydrogen-bond donors (Lipinski definition) is 2. The van der Waals surface area contributed by atoms with Crippen molar-refractivity contribution in [2.75, 3.05) is 19.6 Å². The Hall–Kier alpha value is -0.770. The lowest BCUT2D eigenvalue weighted by Gasteiger charge is -2.09. The minimum absolute atomic E-state index is 0. The van der Waals surface area contributed by atoms with Crippen LogP contribution in [0, 0.1) is 5.92 Å². The average molecular weight is 303 g/mol. The zero-order chi connectivity index (χ0) is 12.8. The fraction of sp³-hybridized carbons (Fsp3) is 0.500. The Morgan fingerprint density at radius 1 is 1.37 bits per heavy atom. The van der Waals surface area contributed by atoms with Gasteiger partial charge in [0.1, 0.15) is 0 Å². The summed E-state index contributed by atoms with van der Waals surface area (Å²) in [5, 5.41) is 7.01. The van der Waals surface area contributed by atoms with Crippen LogP contribution in [0.2, 0.25) is 5.02 Å². The van der Waals surface area contributed by atoms with Crippen LogP contribution < -0.4 is 10.6 Å². The summed E-state index contributed by atoms with van der Waals surface area (Å²) in [5.74, 6) is 0.809. The first kappa shape index (κ1) is 16.3. The van der Waals surface area contributed by atoms with Gasteiger partial charge in [-0.3, -0.25) is 4.79 Å². The van der Waals surface area contributed by atoms with Crippen LogP contribution in [-0.4, -0.2) is 25.5 Å². The van der Waals surface area contributed by atoms with Crippen LogP contribution in [0.1, 0.15) is 18.4 Å². The normalized spacial score (nSPS) is 17.8. The first-order valence-electron chi connectivity index (χ1n) is 6.46. The van der Waals surface area contributed by atoms with Gasteiger partial charge in [0.25, 0.3) is 0 Å². The fourth-order valence-corrected chi connectivity index (χ4v) is 2.35. The van der Waals surface area contributed by atoms with Crippen LogP contribution in [0.25, 0.3) is 0 Å². The zero-order valence-electron chi connectivity index (χ0n) is 10.8. The number of rotatable bonds is 5. The van der Waals surface area contributed by atoms with Gasteiger partial charge in [0.15, 0.2) is 0 Å². The van der Waals surface area contributed by atoms with Gasteiger partial charge in [0.2, 0.25) is 5.91 Å². The summed E-state index contributed by atoms with van der Waals surface area (Å²) in [6.45, 7) is 2.98. The average Bonchev–Trinajstić information content (AvgIpc) is 2.85. The predicted octanol–water partition coefficient (Wildman–Crippen LogP) is 2.42. The first-order chi connectivity index (χ1) is 8.74. The van der Waals surface area contributed by atoms with Crippen LogP contribution in [0.4, 0.5) is 0 Å². The summed E-state index contributed by atoms with van der Waals surface area (Å²) < 4.78 is 0. The molecule has 106 valence electrons. The Bertz CT molecular complexity index is 389. The molecule has 0 radical (unpaired) electrons. The van der Waals surface area contributed by atoms with E-state index >= 15 is 0 Å². The van der Waals surface area contributed by atoms with E-state index in [0.717, 1.165) is 37.5 Å². The Labute approximate surface area is 125 Å². The summed E-state index contributed by atoms with van der Waals surface area (Å²) in [4.78, 5) is 11.7. The topological polar surface area (TPSA) is 41.1 Å². The zero-order valence-corrected chi connectivity index (χ0v) is 12.4. The number of nitrogens with one attached hydrogen (secondary N) is 2. The molecule has 2 N–H and O–H groups in total. The van der Waals surface area contributed by atoms with Gasteiger partial charge >= 0.3 is 0 Å². The van der Waals surface area contributed by atoms with Crippen LogP contribution in [0.5, 0.6) is 0 Å². The molecule has 5 heteroatoms. The van der Waals surface area contributed by atoms with Crippen LogP contribution in [0.15, 0.2) is 24.3 Å². The van der Waals surface area contributed by atoms with Gasteiger partial charge in [-0.05, 0) is 49.5 Å². The molecule has 19 heavy (non-hydrogen) atoms. The third-order valence-corrected chi connectivity index (χ3v) is 3.57. The van der Waals surface area contributed by atoms with E-state index in [1.54, 1.807) is 0 Å². The molecule has 1 aromatic carbocycles. The maximum atomic E-state index is 11.7. The molecule has 1 atom stereocenters. The van der Waals surface area contributed by atoms with E-state index in [1.165, 1.54) is 6.42 Å². The van der Waals surface area contributed by atoms with Gasteiger partial charge in [0.05, 0.1) is 6.42 Å². The van der Waals surface area contributed by atoms with Gasteiger partial charge < -0.3 is 10.6 Å². The van der Waals surface area contributed by atoms with E-state index in [-0.39, 0.29) is 18.3 Å². The highest BCUT2D eigenvalue weighted by molar-refractivity contribution is 6.30. The quantitative estimate of drug-likeness (QED) is 0.877. The molecular formula is C14H20Cl2N2O. The second-order valence-electron chi connectivity index (χ2n) is 4.80. The van der Waals surface area contributed by atoms with E-state index in [4.69, 9.17) is 11.6 Å². The summed E-state index contributed by atoms with van der Waals surface area (Å²) in [5.41, 5.74) is 0.999. The molecule has 1 saturated heterocycles. The molecule has 1 aliphatic heterocycles. The molecule has 1 unspecified atom stereocenters. The van der Waals surface area contributed by atoms with Crippen LogP contribution >= 0.6 is 24.0 Å². The number of carbonyl (C=O) groups excluding carboxylic acids is 1. The highest BCUT2D eigenvalue weighted by Gasteiger charge is 2.14. The highest BCUT2D eigenvalue weighted by atomic mass is 35.5. The molecular weight excluding hydrogens is 283 g/mol. The van der Waals surface area contributed by atoms with Crippen molar-refractivity contribution in [3.05, 3.63) is 34.9 Å². The largest absolute Gasteiger partial charge is 0.356 e. The van der Waals surface area contributed by atoms with Crippen LogP contribution in [-0.2, 0) is 11.2 Å². The number of carbonyl (C=O) groups is 1. The number of benzene rings is 1. The summed E-state index contributed by atoms with van der Waals surface area (Å²) in [7, 11) is 0. The van der Waals surface area contributed by atoms with Crippen molar-refractivity contribution in [3.8, 4) is 0 Å². The van der Waals surface area contributed by atoms with Crippen molar-refractivity contribution >= 4 is 29.9 Å². The molecule has 1 heterocycles. The van der Waals surface area contributed by atoms with Crippen molar-refractivity contribution in [1.82, 2.24) is 10.6 Å². The molecule has 0 aliphatic carbocycles. The smallest absolute Gasteiger partial charge is 0.224 e. The summed E-state index contributed by atoms with van der Waals surface area (Å²) in [6.07, 6.45) is 2.73. The second-order valence-corrected chi connectivity index (χ2v) is 5.24. The van der Waals surface area contributed by atoms with Crippen molar-refractivity contribution in [2.45, 2.75) is 19.3 Å². The van der Waals surface area contributed by atoms with Crippen molar-refractivity contribution in [2.24, 2.45) is 5.92 Å². The Balaban J connectivity index is 0.00000180. The maximum Gasteiger partial charge on any atom is 0.224 e. The van der Waals surface area contributed by atoms with E-state index in [9.17, 15) is 4.79 Å². The third kappa shape index (κ3) is 5.81. The van der Waals surface area contributed by atoms with E-state index in [0.29, 0.717) is 11.4 Å². The van der Waals surface area contributed by atoms with Gasteiger partial charge in [0, 0.05) is 11.6 Å². The highest BCUT2D eigenvalue weighted by Crippen LogP contribution is 2.11. The SMILES string of the molecule is Cl.O=C(Cc1ccc(Cl)cc1)NCCC1CCNC1. The van der Waals surface area contributed by atoms with Crippen LogP contribution in [0.3, 0.4) is 0 Å². The molecule has 1 aromatic rings. The van der Waals surface area contributed by atoms with Gasteiger partial charge in [-0.2, -0.15) is 0 Å². The molecule has 2 rings (SSSR count). The third-order valence-electron chi connectivity index (χ3n) is 3.32.